The Morgan fingerprint density at radius 1 is 1.48 bits per heavy atom. The molecule has 0 aromatic heterocycles. The van der Waals surface area contributed by atoms with Crippen LogP contribution in [0.3, 0.4) is 0 Å². The Morgan fingerprint density at radius 2 is 2.14 bits per heavy atom. The van der Waals surface area contributed by atoms with Gasteiger partial charge in [-0.3, -0.25) is 0 Å². The number of aliphatic hydroxyl groups excluding tert-OH is 1. The van der Waals surface area contributed by atoms with Crippen LogP contribution in [0.4, 0.5) is 5.69 Å². The number of nitrogens with two attached hydrogens (primary N) is 1. The van der Waals surface area contributed by atoms with E-state index in [4.69, 9.17) is 5.73 Å². The summed E-state index contributed by atoms with van der Waals surface area (Å²) in [5.41, 5.74) is 4.89. The number of carbonyl (C=O) groups is 1. The highest BCUT2D eigenvalue weighted by Crippen LogP contribution is 2.33. The van der Waals surface area contributed by atoms with Crippen LogP contribution in [-0.4, -0.2) is 38.7 Å². The minimum absolute atomic E-state index is 0.0911. The summed E-state index contributed by atoms with van der Waals surface area (Å²) in [6, 6.07) is 3.94. The fourth-order valence-electron chi connectivity index (χ4n) is 2.28. The molecule has 1 fully saturated rings. The number of ether oxygens (including phenoxy) is 1. The molecule has 0 bridgehead atoms. The first kappa shape index (κ1) is 15.7. The first-order valence-electron chi connectivity index (χ1n) is 6.46. The highest BCUT2D eigenvalue weighted by molar-refractivity contribution is 7.89. The van der Waals surface area contributed by atoms with Crippen molar-refractivity contribution in [3.63, 3.8) is 0 Å². The summed E-state index contributed by atoms with van der Waals surface area (Å²) in [5, 5.41) is 9.38. The van der Waals surface area contributed by atoms with Crippen LogP contribution in [0.25, 0.3) is 0 Å². The smallest absolute Gasteiger partial charge is 0.339 e. The Balaban J connectivity index is 2.44. The molecule has 0 saturated heterocycles. The van der Waals surface area contributed by atoms with Crippen LogP contribution in [0.2, 0.25) is 0 Å². The first-order valence-corrected chi connectivity index (χ1v) is 7.94. The number of hydrogen-bond acceptors (Lipinski definition) is 6. The number of esters is 1. The summed E-state index contributed by atoms with van der Waals surface area (Å²) in [7, 11) is -2.82. The lowest BCUT2D eigenvalue weighted by Gasteiger charge is -2.40. The van der Waals surface area contributed by atoms with E-state index in [9.17, 15) is 18.3 Å². The van der Waals surface area contributed by atoms with Crippen molar-refractivity contribution >= 4 is 21.7 Å². The molecule has 8 heteroatoms. The maximum Gasteiger partial charge on any atom is 0.339 e. The van der Waals surface area contributed by atoms with E-state index in [1.165, 1.54) is 25.3 Å². The summed E-state index contributed by atoms with van der Waals surface area (Å²) < 4.78 is 32.1. The molecule has 0 spiro atoms. The summed E-state index contributed by atoms with van der Waals surface area (Å²) in [6.07, 6.45) is 1.95. The maximum atomic E-state index is 12.5. The molecule has 1 aromatic carbocycles. The van der Waals surface area contributed by atoms with Gasteiger partial charge in [-0.15, -0.1) is 0 Å². The second kappa shape index (κ2) is 5.63. The van der Waals surface area contributed by atoms with Crippen LogP contribution in [0, 0.1) is 0 Å². The van der Waals surface area contributed by atoms with Gasteiger partial charge in [-0.2, -0.15) is 0 Å². The second-order valence-electron chi connectivity index (χ2n) is 5.14. The largest absolute Gasteiger partial charge is 0.465 e. The minimum Gasteiger partial charge on any atom is -0.465 e. The van der Waals surface area contributed by atoms with Gasteiger partial charge in [0.25, 0.3) is 0 Å². The van der Waals surface area contributed by atoms with Gasteiger partial charge in [0.15, 0.2) is 0 Å². The molecule has 0 aliphatic heterocycles. The molecule has 4 N–H and O–H groups in total. The van der Waals surface area contributed by atoms with Gasteiger partial charge in [-0.1, -0.05) is 0 Å². The predicted molar refractivity (Wildman–Crippen MR) is 76.2 cm³/mol. The fourth-order valence-corrected chi connectivity index (χ4v) is 3.96. The molecule has 1 saturated carbocycles. The summed E-state index contributed by atoms with van der Waals surface area (Å²) in [6.45, 7) is -0.290. The summed E-state index contributed by atoms with van der Waals surface area (Å²) >= 11 is 0. The van der Waals surface area contributed by atoms with E-state index < -0.39 is 21.5 Å². The van der Waals surface area contributed by atoms with E-state index in [2.05, 4.69) is 9.46 Å². The molecule has 0 amide bonds. The summed E-state index contributed by atoms with van der Waals surface area (Å²) in [4.78, 5) is 11.5. The van der Waals surface area contributed by atoms with Crippen LogP contribution in [0.1, 0.15) is 29.6 Å². The molecule has 1 aliphatic rings. The Morgan fingerprint density at radius 3 is 2.62 bits per heavy atom. The van der Waals surface area contributed by atoms with Crippen molar-refractivity contribution in [2.24, 2.45) is 0 Å². The van der Waals surface area contributed by atoms with Crippen LogP contribution in [0.15, 0.2) is 23.1 Å². The lowest BCUT2D eigenvalue weighted by Crippen LogP contribution is -2.56. The summed E-state index contributed by atoms with van der Waals surface area (Å²) in [5.74, 6) is -0.762. The van der Waals surface area contributed by atoms with Crippen LogP contribution in [-0.2, 0) is 14.8 Å². The van der Waals surface area contributed by atoms with Crippen molar-refractivity contribution < 1.29 is 23.1 Å². The number of hydrogen-bond donors (Lipinski definition) is 3. The average Bonchev–Trinajstić information content (AvgIpc) is 2.42. The Kier molecular flexibility index (Phi) is 4.22. The highest BCUT2D eigenvalue weighted by Gasteiger charge is 2.41. The van der Waals surface area contributed by atoms with E-state index in [0.29, 0.717) is 12.8 Å². The number of methoxy groups -OCH3 is 1. The molecule has 0 atom stereocenters. The third kappa shape index (κ3) is 3.02. The molecular weight excluding hydrogens is 296 g/mol. The van der Waals surface area contributed by atoms with Gasteiger partial charge in [0.2, 0.25) is 10.0 Å². The van der Waals surface area contributed by atoms with Gasteiger partial charge in [0.1, 0.15) is 0 Å². The van der Waals surface area contributed by atoms with Crippen LogP contribution in [0.5, 0.6) is 0 Å². The zero-order chi connectivity index (χ0) is 15.7. The third-order valence-electron chi connectivity index (χ3n) is 3.66. The third-order valence-corrected chi connectivity index (χ3v) is 5.28. The van der Waals surface area contributed by atoms with E-state index in [0.717, 1.165) is 6.42 Å². The SMILES string of the molecule is COC(=O)c1ccc(N)cc1S(=O)(=O)NC1(CO)CCC1. The lowest BCUT2D eigenvalue weighted by molar-refractivity contribution is 0.0596. The Labute approximate surface area is 123 Å². The van der Waals surface area contributed by atoms with E-state index in [1.54, 1.807) is 0 Å². The number of benzene rings is 1. The standard InChI is InChI=1S/C13H18N2O5S/c1-20-12(17)10-4-3-9(14)7-11(10)21(18,19)15-13(8-16)5-2-6-13/h3-4,7,15-16H,2,5-6,8,14H2,1H3. The molecular formula is C13H18N2O5S. The minimum atomic E-state index is -3.99. The zero-order valence-corrected chi connectivity index (χ0v) is 12.4. The second-order valence-corrected chi connectivity index (χ2v) is 6.80. The molecule has 21 heavy (non-hydrogen) atoms. The molecule has 0 heterocycles. The molecule has 2 rings (SSSR count). The lowest BCUT2D eigenvalue weighted by atomic mass is 9.78. The number of nitrogens with one attached hydrogen (secondary N) is 1. The van der Waals surface area contributed by atoms with Crippen molar-refractivity contribution in [2.75, 3.05) is 19.5 Å². The average molecular weight is 314 g/mol. The van der Waals surface area contributed by atoms with Crippen molar-refractivity contribution in [3.05, 3.63) is 23.8 Å². The van der Waals surface area contributed by atoms with Crippen LogP contribution >= 0.6 is 0 Å². The van der Waals surface area contributed by atoms with Crippen molar-refractivity contribution in [2.45, 2.75) is 29.7 Å². The van der Waals surface area contributed by atoms with E-state index in [1.807, 2.05) is 0 Å². The molecule has 7 nitrogen and oxygen atoms in total. The number of aliphatic hydroxyl groups is 1. The van der Waals surface area contributed by atoms with Crippen molar-refractivity contribution in [1.29, 1.82) is 0 Å². The van der Waals surface area contributed by atoms with Gasteiger partial charge in [0, 0.05) is 5.69 Å². The molecule has 116 valence electrons. The normalized spacial score (nSPS) is 17.0. The number of anilines is 1. The topological polar surface area (TPSA) is 119 Å². The Hall–Kier alpha value is -1.64. The first-order chi connectivity index (χ1) is 9.83. The van der Waals surface area contributed by atoms with Gasteiger partial charge >= 0.3 is 5.97 Å². The Bertz CT molecular complexity index is 647. The van der Waals surface area contributed by atoms with Gasteiger partial charge < -0.3 is 15.6 Å². The fraction of sp³-hybridized carbons (Fsp3) is 0.462. The number of sulfonamides is 1. The van der Waals surface area contributed by atoms with E-state index >= 15 is 0 Å². The number of rotatable bonds is 5. The molecule has 0 unspecified atom stereocenters. The molecule has 1 aliphatic carbocycles. The van der Waals surface area contributed by atoms with Crippen molar-refractivity contribution in [3.8, 4) is 0 Å². The molecule has 0 radical (unpaired) electrons. The van der Waals surface area contributed by atoms with Gasteiger partial charge in [-0.05, 0) is 37.5 Å². The van der Waals surface area contributed by atoms with Crippen LogP contribution < -0.4 is 10.5 Å². The zero-order valence-electron chi connectivity index (χ0n) is 11.6. The van der Waals surface area contributed by atoms with Gasteiger partial charge in [0.05, 0.1) is 29.7 Å². The predicted octanol–water partition coefficient (Wildman–Crippen LogP) is 0.249. The quantitative estimate of drug-likeness (QED) is 0.529. The highest BCUT2D eigenvalue weighted by atomic mass is 32.2. The number of carbonyl (C=O) groups excluding carboxylic acids is 1. The molecule has 1 aromatic rings. The number of nitrogen functional groups attached to an aromatic ring is 1. The maximum absolute atomic E-state index is 12.5. The van der Waals surface area contributed by atoms with Gasteiger partial charge in [-0.25, -0.2) is 17.9 Å². The van der Waals surface area contributed by atoms with E-state index in [-0.39, 0.29) is 22.8 Å². The monoisotopic (exact) mass is 314 g/mol. The van der Waals surface area contributed by atoms with Crippen molar-refractivity contribution in [1.82, 2.24) is 4.72 Å².